The van der Waals surface area contributed by atoms with Gasteiger partial charge >= 0.3 is 0 Å². The Morgan fingerprint density at radius 2 is 2.03 bits per heavy atom. The highest BCUT2D eigenvalue weighted by atomic mass is 16.5. The zero-order valence-electron chi connectivity index (χ0n) is 18.4. The fourth-order valence-electron chi connectivity index (χ4n) is 4.32. The number of rotatable bonds is 5. The molecule has 1 aliphatic heterocycles. The minimum Gasteiger partial charge on any atom is -0.495 e. The highest BCUT2D eigenvalue weighted by Crippen LogP contribution is 2.31. The van der Waals surface area contributed by atoms with Crippen molar-refractivity contribution in [1.29, 1.82) is 0 Å². The van der Waals surface area contributed by atoms with Crippen LogP contribution in [0.2, 0.25) is 0 Å². The van der Waals surface area contributed by atoms with E-state index < -0.39 is 0 Å². The third-order valence-corrected chi connectivity index (χ3v) is 6.07. The second-order valence-electron chi connectivity index (χ2n) is 8.25. The van der Waals surface area contributed by atoms with Crippen LogP contribution in [-0.2, 0) is 0 Å². The molecule has 0 radical (unpaired) electrons. The first-order valence-corrected chi connectivity index (χ1v) is 10.9. The molecule has 1 aliphatic rings. The zero-order chi connectivity index (χ0) is 22.4. The number of benzene rings is 2. The lowest BCUT2D eigenvalue weighted by Crippen LogP contribution is -2.21. The number of nitrogens with zero attached hydrogens (tertiary/aromatic N) is 7. The standard InChI is InChI=1S/C24H23N7O2/c1-16-12-30(15-25-16)21-8-7-17(11-23(21)32-2)20-14-31(28-27-20)18-9-10-29(13-18)24-26-19-5-3-4-6-22(19)33-24/h3-8,11-12,14-15,18H,9-10,13H2,1-2H3. The Bertz CT molecular complexity index is 1400. The number of hydrogen-bond donors (Lipinski definition) is 0. The predicted octanol–water partition coefficient (Wildman–Crippen LogP) is 4.04. The summed E-state index contributed by atoms with van der Waals surface area (Å²) < 4.78 is 15.5. The number of aromatic nitrogens is 6. The van der Waals surface area contributed by atoms with Crippen LogP contribution in [0.15, 0.2) is 65.6 Å². The van der Waals surface area contributed by atoms with Crippen LogP contribution in [0.3, 0.4) is 0 Å². The molecule has 1 saturated heterocycles. The van der Waals surface area contributed by atoms with Crippen LogP contribution in [0.5, 0.6) is 5.75 Å². The summed E-state index contributed by atoms with van der Waals surface area (Å²) in [7, 11) is 1.67. The molecule has 1 fully saturated rings. The first kappa shape index (κ1) is 19.5. The van der Waals surface area contributed by atoms with E-state index in [1.165, 1.54) is 0 Å². The average molecular weight is 441 g/mol. The number of hydrogen-bond acceptors (Lipinski definition) is 7. The average Bonchev–Trinajstić information content (AvgIpc) is 3.63. The first-order valence-electron chi connectivity index (χ1n) is 10.9. The van der Waals surface area contributed by atoms with Gasteiger partial charge in [-0.15, -0.1) is 5.10 Å². The molecule has 3 aromatic heterocycles. The second-order valence-corrected chi connectivity index (χ2v) is 8.25. The van der Waals surface area contributed by atoms with Crippen molar-refractivity contribution in [3.63, 3.8) is 0 Å². The lowest BCUT2D eigenvalue weighted by molar-refractivity contribution is 0.413. The molecule has 9 heteroatoms. The van der Waals surface area contributed by atoms with Crippen LogP contribution < -0.4 is 9.64 Å². The van der Waals surface area contributed by atoms with E-state index >= 15 is 0 Å². The van der Waals surface area contributed by atoms with E-state index in [1.807, 2.05) is 71.0 Å². The predicted molar refractivity (Wildman–Crippen MR) is 124 cm³/mol. The topological polar surface area (TPSA) is 87.0 Å². The molecule has 2 aromatic carbocycles. The van der Waals surface area contributed by atoms with Crippen molar-refractivity contribution >= 4 is 17.1 Å². The zero-order valence-corrected chi connectivity index (χ0v) is 18.4. The van der Waals surface area contributed by atoms with E-state index in [-0.39, 0.29) is 6.04 Å². The summed E-state index contributed by atoms with van der Waals surface area (Å²) in [5, 5.41) is 8.84. The molecule has 5 aromatic rings. The first-order chi connectivity index (χ1) is 16.2. The molecule has 33 heavy (non-hydrogen) atoms. The molecule has 1 atom stereocenters. The number of para-hydroxylation sites is 2. The van der Waals surface area contributed by atoms with E-state index in [0.29, 0.717) is 6.01 Å². The lowest BCUT2D eigenvalue weighted by Gasteiger charge is -2.13. The molecule has 0 bridgehead atoms. The maximum absolute atomic E-state index is 5.93. The quantitative estimate of drug-likeness (QED) is 0.407. The Labute approximate surface area is 190 Å². The van der Waals surface area contributed by atoms with Gasteiger partial charge in [-0.3, -0.25) is 0 Å². The smallest absolute Gasteiger partial charge is 0.298 e. The summed E-state index contributed by atoms with van der Waals surface area (Å²) >= 11 is 0. The van der Waals surface area contributed by atoms with Gasteiger partial charge in [-0.2, -0.15) is 4.98 Å². The molecular weight excluding hydrogens is 418 g/mol. The Kier molecular flexibility index (Phi) is 4.60. The van der Waals surface area contributed by atoms with Gasteiger partial charge in [0.1, 0.15) is 17.0 Å². The van der Waals surface area contributed by atoms with Gasteiger partial charge in [-0.25, -0.2) is 9.67 Å². The van der Waals surface area contributed by atoms with E-state index in [1.54, 1.807) is 13.4 Å². The molecule has 9 nitrogen and oxygen atoms in total. The highest BCUT2D eigenvalue weighted by molar-refractivity contribution is 5.74. The number of oxazole rings is 1. The van der Waals surface area contributed by atoms with Crippen LogP contribution in [-0.4, -0.2) is 49.7 Å². The number of ether oxygens (including phenoxy) is 1. The molecule has 0 N–H and O–H groups in total. The molecule has 0 aliphatic carbocycles. The molecule has 166 valence electrons. The highest BCUT2D eigenvalue weighted by Gasteiger charge is 2.28. The van der Waals surface area contributed by atoms with Gasteiger partial charge in [-0.05, 0) is 37.6 Å². The van der Waals surface area contributed by atoms with E-state index in [2.05, 4.69) is 25.2 Å². The van der Waals surface area contributed by atoms with Gasteiger partial charge in [0.05, 0.1) is 37.1 Å². The fraction of sp³-hybridized carbons (Fsp3) is 0.250. The van der Waals surface area contributed by atoms with Crippen LogP contribution in [0, 0.1) is 6.92 Å². The molecule has 0 amide bonds. The van der Waals surface area contributed by atoms with Gasteiger partial charge in [0.2, 0.25) is 0 Å². The molecule has 6 rings (SSSR count). The Morgan fingerprint density at radius 3 is 2.85 bits per heavy atom. The van der Waals surface area contributed by atoms with Crippen molar-refractivity contribution < 1.29 is 9.15 Å². The van der Waals surface area contributed by atoms with E-state index in [0.717, 1.165) is 59.0 Å². The summed E-state index contributed by atoms with van der Waals surface area (Å²) in [4.78, 5) is 11.1. The van der Waals surface area contributed by atoms with Gasteiger partial charge in [0.15, 0.2) is 5.58 Å². The van der Waals surface area contributed by atoms with Crippen LogP contribution >= 0.6 is 0 Å². The molecule has 0 spiro atoms. The number of anilines is 1. The van der Waals surface area contributed by atoms with Crippen molar-refractivity contribution in [2.24, 2.45) is 0 Å². The van der Waals surface area contributed by atoms with Crippen molar-refractivity contribution in [3.05, 3.63) is 66.9 Å². The SMILES string of the molecule is COc1cc(-c2cn(C3CCN(c4nc5ccccc5o4)C3)nn2)ccc1-n1cnc(C)c1. The number of aryl methyl sites for hydroxylation is 1. The van der Waals surface area contributed by atoms with Gasteiger partial charge in [-0.1, -0.05) is 23.4 Å². The van der Waals surface area contributed by atoms with Crippen LogP contribution in [0.4, 0.5) is 6.01 Å². The number of fused-ring (bicyclic) bond motifs is 1. The summed E-state index contributed by atoms with van der Waals surface area (Å²) in [6, 6.07) is 14.7. The summed E-state index contributed by atoms with van der Waals surface area (Å²) in [5.41, 5.74) is 5.32. The number of imidazole rings is 1. The monoisotopic (exact) mass is 441 g/mol. The maximum atomic E-state index is 5.93. The largest absolute Gasteiger partial charge is 0.495 e. The molecule has 4 heterocycles. The van der Waals surface area contributed by atoms with Gasteiger partial charge in [0, 0.05) is 24.8 Å². The lowest BCUT2D eigenvalue weighted by atomic mass is 10.1. The van der Waals surface area contributed by atoms with Gasteiger partial charge < -0.3 is 18.6 Å². The van der Waals surface area contributed by atoms with Gasteiger partial charge in [0.25, 0.3) is 6.01 Å². The number of methoxy groups -OCH3 is 1. The van der Waals surface area contributed by atoms with E-state index in [4.69, 9.17) is 9.15 Å². The fourth-order valence-corrected chi connectivity index (χ4v) is 4.32. The van der Waals surface area contributed by atoms with Crippen molar-refractivity contribution in [2.75, 3.05) is 25.1 Å². The van der Waals surface area contributed by atoms with Crippen molar-refractivity contribution in [2.45, 2.75) is 19.4 Å². The van der Waals surface area contributed by atoms with Crippen molar-refractivity contribution in [1.82, 2.24) is 29.5 Å². The summed E-state index contributed by atoms with van der Waals surface area (Å²) in [6.45, 7) is 3.60. The molecule has 0 saturated carbocycles. The van der Waals surface area contributed by atoms with Crippen molar-refractivity contribution in [3.8, 4) is 22.7 Å². The summed E-state index contributed by atoms with van der Waals surface area (Å²) in [5.74, 6) is 0.752. The van der Waals surface area contributed by atoms with Crippen LogP contribution in [0.25, 0.3) is 28.0 Å². The minimum absolute atomic E-state index is 0.205. The van der Waals surface area contributed by atoms with Crippen LogP contribution in [0.1, 0.15) is 18.2 Å². The molecular formula is C24H23N7O2. The Balaban J connectivity index is 1.22. The Hall–Kier alpha value is -4.14. The third-order valence-electron chi connectivity index (χ3n) is 6.07. The maximum Gasteiger partial charge on any atom is 0.298 e. The second kappa shape index (κ2) is 7.77. The molecule has 1 unspecified atom stereocenters. The normalized spacial score (nSPS) is 16.1. The minimum atomic E-state index is 0.205. The third kappa shape index (κ3) is 3.51. The van der Waals surface area contributed by atoms with E-state index in [9.17, 15) is 0 Å². The summed E-state index contributed by atoms with van der Waals surface area (Å²) in [6.07, 6.45) is 6.70. The Morgan fingerprint density at radius 1 is 1.12 bits per heavy atom.